The van der Waals surface area contributed by atoms with E-state index in [1.165, 1.54) is 0 Å². The Bertz CT molecular complexity index is 477. The van der Waals surface area contributed by atoms with E-state index >= 15 is 0 Å². The summed E-state index contributed by atoms with van der Waals surface area (Å²) >= 11 is 0. The van der Waals surface area contributed by atoms with Crippen LogP contribution in [-0.2, 0) is 11.3 Å². The molecule has 1 heterocycles. The van der Waals surface area contributed by atoms with Gasteiger partial charge in [-0.15, -0.1) is 0 Å². The number of rotatable bonds is 6. The first-order chi connectivity index (χ1) is 10.1. The maximum Gasteiger partial charge on any atom is 0.407 e. The number of aromatic nitrogens is 2. The van der Waals surface area contributed by atoms with Crippen LogP contribution >= 0.6 is 0 Å². The SMILES string of the molecule is CCn1cc(C(N)CC(NC(=O)OC(C)(C)C)C(C)C)cn1. The van der Waals surface area contributed by atoms with Crippen LogP contribution < -0.4 is 11.1 Å². The van der Waals surface area contributed by atoms with Crippen LogP contribution in [0, 0.1) is 5.92 Å². The number of ether oxygens (including phenoxy) is 1. The summed E-state index contributed by atoms with van der Waals surface area (Å²) in [5, 5.41) is 7.17. The molecule has 0 fully saturated rings. The molecular formula is C16H30N4O2. The number of aryl methyl sites for hydroxylation is 1. The number of nitrogens with two attached hydrogens (primary N) is 1. The van der Waals surface area contributed by atoms with Crippen molar-refractivity contribution in [3.63, 3.8) is 0 Å². The summed E-state index contributed by atoms with van der Waals surface area (Å²) in [6.07, 6.45) is 3.99. The highest BCUT2D eigenvalue weighted by Gasteiger charge is 2.24. The monoisotopic (exact) mass is 310 g/mol. The number of hydrogen-bond acceptors (Lipinski definition) is 4. The van der Waals surface area contributed by atoms with Gasteiger partial charge in [-0.05, 0) is 40.0 Å². The van der Waals surface area contributed by atoms with Crippen LogP contribution in [0.1, 0.15) is 59.6 Å². The molecule has 2 unspecified atom stereocenters. The minimum absolute atomic E-state index is 0.0465. The molecule has 0 aliphatic rings. The van der Waals surface area contributed by atoms with E-state index in [2.05, 4.69) is 24.3 Å². The minimum atomic E-state index is -0.504. The third kappa shape index (κ3) is 6.05. The average molecular weight is 310 g/mol. The molecule has 0 saturated carbocycles. The second-order valence-corrected chi connectivity index (χ2v) is 6.97. The van der Waals surface area contributed by atoms with E-state index in [0.717, 1.165) is 12.1 Å². The lowest BCUT2D eigenvalue weighted by atomic mass is 9.95. The lowest BCUT2D eigenvalue weighted by Crippen LogP contribution is -2.43. The summed E-state index contributed by atoms with van der Waals surface area (Å²) in [5.41, 5.74) is 6.74. The van der Waals surface area contributed by atoms with Crippen molar-refractivity contribution >= 4 is 6.09 Å². The first-order valence-electron chi connectivity index (χ1n) is 7.89. The van der Waals surface area contributed by atoms with Crippen LogP contribution in [0.25, 0.3) is 0 Å². The molecular weight excluding hydrogens is 280 g/mol. The molecule has 1 rings (SSSR count). The zero-order chi connectivity index (χ0) is 16.9. The Labute approximate surface area is 133 Å². The second-order valence-electron chi connectivity index (χ2n) is 6.97. The molecule has 0 aliphatic carbocycles. The Morgan fingerprint density at radius 1 is 1.45 bits per heavy atom. The molecule has 0 aromatic carbocycles. The molecule has 6 nitrogen and oxygen atoms in total. The Morgan fingerprint density at radius 2 is 2.09 bits per heavy atom. The second kappa shape index (κ2) is 7.63. The highest BCUT2D eigenvalue weighted by Crippen LogP contribution is 2.19. The summed E-state index contributed by atoms with van der Waals surface area (Å²) in [7, 11) is 0. The van der Waals surface area contributed by atoms with E-state index in [4.69, 9.17) is 10.5 Å². The van der Waals surface area contributed by atoms with Gasteiger partial charge in [-0.25, -0.2) is 4.79 Å². The predicted molar refractivity (Wildman–Crippen MR) is 87.4 cm³/mol. The smallest absolute Gasteiger partial charge is 0.407 e. The van der Waals surface area contributed by atoms with E-state index in [1.807, 2.05) is 38.6 Å². The minimum Gasteiger partial charge on any atom is -0.444 e. The van der Waals surface area contributed by atoms with Gasteiger partial charge in [0.1, 0.15) is 5.60 Å². The molecule has 1 aromatic rings. The first kappa shape index (κ1) is 18.5. The summed E-state index contributed by atoms with van der Waals surface area (Å²) in [5.74, 6) is 0.264. The number of alkyl carbamates (subject to hydrolysis) is 1. The van der Waals surface area contributed by atoms with Gasteiger partial charge in [0, 0.05) is 30.4 Å². The van der Waals surface area contributed by atoms with Gasteiger partial charge < -0.3 is 15.8 Å². The van der Waals surface area contributed by atoms with Crippen molar-refractivity contribution in [2.45, 2.75) is 72.2 Å². The molecule has 0 radical (unpaired) electrons. The molecule has 1 aromatic heterocycles. The molecule has 0 bridgehead atoms. The van der Waals surface area contributed by atoms with Gasteiger partial charge in [-0.2, -0.15) is 5.10 Å². The van der Waals surface area contributed by atoms with Crippen molar-refractivity contribution in [3.8, 4) is 0 Å². The van der Waals surface area contributed by atoms with Crippen LogP contribution in [0.3, 0.4) is 0 Å². The lowest BCUT2D eigenvalue weighted by molar-refractivity contribution is 0.0485. The molecule has 0 spiro atoms. The van der Waals surface area contributed by atoms with Gasteiger partial charge in [0.25, 0.3) is 0 Å². The van der Waals surface area contributed by atoms with Crippen molar-refractivity contribution in [3.05, 3.63) is 18.0 Å². The molecule has 0 saturated heterocycles. The first-order valence-corrected chi connectivity index (χ1v) is 7.89. The topological polar surface area (TPSA) is 82.2 Å². The van der Waals surface area contributed by atoms with Crippen LogP contribution in [0.4, 0.5) is 4.79 Å². The normalized spacial score (nSPS) is 14.7. The zero-order valence-corrected chi connectivity index (χ0v) is 14.6. The zero-order valence-electron chi connectivity index (χ0n) is 14.6. The van der Waals surface area contributed by atoms with Crippen molar-refractivity contribution in [2.75, 3.05) is 0 Å². The molecule has 3 N–H and O–H groups in total. The highest BCUT2D eigenvalue weighted by molar-refractivity contribution is 5.68. The molecule has 6 heteroatoms. The number of nitrogens with one attached hydrogen (secondary N) is 1. The van der Waals surface area contributed by atoms with Crippen LogP contribution in [-0.4, -0.2) is 27.5 Å². The Hall–Kier alpha value is -1.56. The molecule has 126 valence electrons. The Kier molecular flexibility index (Phi) is 6.41. The van der Waals surface area contributed by atoms with Gasteiger partial charge in [-0.1, -0.05) is 13.8 Å². The number of amides is 1. The maximum absolute atomic E-state index is 12.0. The van der Waals surface area contributed by atoms with Gasteiger partial charge in [0.15, 0.2) is 0 Å². The fourth-order valence-corrected chi connectivity index (χ4v) is 2.11. The molecule has 0 aliphatic heterocycles. The fourth-order valence-electron chi connectivity index (χ4n) is 2.11. The largest absolute Gasteiger partial charge is 0.444 e. The summed E-state index contributed by atoms with van der Waals surface area (Å²) in [4.78, 5) is 12.0. The lowest BCUT2D eigenvalue weighted by Gasteiger charge is -2.27. The number of hydrogen-bond donors (Lipinski definition) is 2. The van der Waals surface area contributed by atoms with Gasteiger partial charge in [0.05, 0.1) is 6.20 Å². The quantitative estimate of drug-likeness (QED) is 0.846. The van der Waals surface area contributed by atoms with E-state index in [1.54, 1.807) is 6.20 Å². The number of carbonyl (C=O) groups excluding carboxylic acids is 1. The van der Waals surface area contributed by atoms with Gasteiger partial charge >= 0.3 is 6.09 Å². The van der Waals surface area contributed by atoms with E-state index in [0.29, 0.717) is 6.42 Å². The van der Waals surface area contributed by atoms with Crippen molar-refractivity contribution in [1.82, 2.24) is 15.1 Å². The molecule has 1 amide bonds. The average Bonchev–Trinajstić information content (AvgIpc) is 2.84. The van der Waals surface area contributed by atoms with Crippen LogP contribution in [0.2, 0.25) is 0 Å². The summed E-state index contributed by atoms with van der Waals surface area (Å²) < 4.78 is 7.17. The third-order valence-corrected chi connectivity index (χ3v) is 3.42. The Morgan fingerprint density at radius 3 is 2.55 bits per heavy atom. The highest BCUT2D eigenvalue weighted by atomic mass is 16.6. The van der Waals surface area contributed by atoms with Gasteiger partial charge in [0.2, 0.25) is 0 Å². The van der Waals surface area contributed by atoms with Crippen LogP contribution in [0.5, 0.6) is 0 Å². The standard InChI is InChI=1S/C16H30N4O2/c1-7-20-10-12(9-18-20)13(17)8-14(11(2)3)19-15(21)22-16(4,5)6/h9-11,13-14H,7-8,17H2,1-6H3,(H,19,21). The van der Waals surface area contributed by atoms with Crippen molar-refractivity contribution in [1.29, 1.82) is 0 Å². The molecule has 2 atom stereocenters. The Balaban J connectivity index is 2.65. The summed E-state index contributed by atoms with van der Waals surface area (Å²) in [6, 6.07) is -0.211. The van der Waals surface area contributed by atoms with Gasteiger partial charge in [-0.3, -0.25) is 4.68 Å². The molecule has 22 heavy (non-hydrogen) atoms. The van der Waals surface area contributed by atoms with E-state index in [9.17, 15) is 4.79 Å². The fraction of sp³-hybridized carbons (Fsp3) is 0.750. The summed E-state index contributed by atoms with van der Waals surface area (Å²) in [6.45, 7) is 12.5. The van der Waals surface area contributed by atoms with Crippen LogP contribution in [0.15, 0.2) is 12.4 Å². The number of nitrogens with zero attached hydrogens (tertiary/aromatic N) is 2. The maximum atomic E-state index is 12.0. The third-order valence-electron chi connectivity index (χ3n) is 3.42. The number of carbonyl (C=O) groups is 1. The van der Waals surface area contributed by atoms with E-state index in [-0.39, 0.29) is 18.0 Å². The van der Waals surface area contributed by atoms with E-state index < -0.39 is 11.7 Å². The predicted octanol–water partition coefficient (Wildman–Crippen LogP) is 2.84. The van der Waals surface area contributed by atoms with Crippen molar-refractivity contribution < 1.29 is 9.53 Å². The van der Waals surface area contributed by atoms with Crippen molar-refractivity contribution in [2.24, 2.45) is 11.7 Å².